The van der Waals surface area contributed by atoms with Gasteiger partial charge in [0.2, 0.25) is 0 Å². The standard InChI is InChI=1S/C14H13F2NO2S/c1-14(13(18)19,17-8-9-4-3-7-20-9)12-10(15)5-2-6-11(12)16/h2-7,17H,8H2,1H3,(H,18,19). The third-order valence-corrected chi connectivity index (χ3v) is 3.96. The van der Waals surface area contributed by atoms with Gasteiger partial charge in [-0.2, -0.15) is 0 Å². The van der Waals surface area contributed by atoms with Gasteiger partial charge in [-0.15, -0.1) is 11.3 Å². The molecule has 0 aliphatic heterocycles. The number of hydrogen-bond acceptors (Lipinski definition) is 3. The largest absolute Gasteiger partial charge is 0.480 e. The maximum Gasteiger partial charge on any atom is 0.328 e. The van der Waals surface area contributed by atoms with Crippen LogP contribution in [0.1, 0.15) is 17.4 Å². The van der Waals surface area contributed by atoms with E-state index < -0.39 is 28.7 Å². The number of carboxylic acid groups (broad SMARTS) is 1. The van der Waals surface area contributed by atoms with Crippen LogP contribution in [0.3, 0.4) is 0 Å². The van der Waals surface area contributed by atoms with Crippen molar-refractivity contribution < 1.29 is 18.7 Å². The summed E-state index contributed by atoms with van der Waals surface area (Å²) in [7, 11) is 0. The van der Waals surface area contributed by atoms with Gasteiger partial charge in [-0.05, 0) is 30.5 Å². The molecule has 1 heterocycles. The topological polar surface area (TPSA) is 49.3 Å². The molecule has 0 radical (unpaired) electrons. The maximum atomic E-state index is 13.8. The second-order valence-corrected chi connectivity index (χ2v) is 5.49. The minimum Gasteiger partial charge on any atom is -0.480 e. The zero-order chi connectivity index (χ0) is 14.8. The Morgan fingerprint density at radius 1 is 1.30 bits per heavy atom. The smallest absolute Gasteiger partial charge is 0.328 e. The molecule has 20 heavy (non-hydrogen) atoms. The van der Waals surface area contributed by atoms with Crippen molar-refractivity contribution >= 4 is 17.3 Å². The van der Waals surface area contributed by atoms with Crippen LogP contribution in [0.2, 0.25) is 0 Å². The molecule has 0 bridgehead atoms. The van der Waals surface area contributed by atoms with E-state index in [0.717, 1.165) is 17.0 Å². The number of nitrogens with one attached hydrogen (secondary N) is 1. The lowest BCUT2D eigenvalue weighted by Crippen LogP contribution is -2.47. The summed E-state index contributed by atoms with van der Waals surface area (Å²) in [4.78, 5) is 12.4. The van der Waals surface area contributed by atoms with Gasteiger partial charge in [0, 0.05) is 11.4 Å². The number of aliphatic carboxylic acids is 1. The van der Waals surface area contributed by atoms with Crippen molar-refractivity contribution in [3.05, 3.63) is 57.8 Å². The molecule has 2 aromatic rings. The van der Waals surface area contributed by atoms with Crippen molar-refractivity contribution in [2.75, 3.05) is 0 Å². The van der Waals surface area contributed by atoms with Crippen LogP contribution in [0.25, 0.3) is 0 Å². The molecule has 0 saturated carbocycles. The molecule has 2 N–H and O–H groups in total. The average molecular weight is 297 g/mol. The second kappa shape index (κ2) is 5.68. The van der Waals surface area contributed by atoms with E-state index in [2.05, 4.69) is 5.32 Å². The number of halogens is 2. The highest BCUT2D eigenvalue weighted by Crippen LogP contribution is 2.27. The van der Waals surface area contributed by atoms with Crippen molar-refractivity contribution in [2.45, 2.75) is 19.0 Å². The molecule has 3 nitrogen and oxygen atoms in total. The second-order valence-electron chi connectivity index (χ2n) is 4.46. The SMILES string of the molecule is CC(NCc1cccs1)(C(=O)O)c1c(F)cccc1F. The van der Waals surface area contributed by atoms with Crippen molar-refractivity contribution in [1.82, 2.24) is 5.32 Å². The summed E-state index contributed by atoms with van der Waals surface area (Å²) >= 11 is 1.44. The first kappa shape index (κ1) is 14.6. The average Bonchev–Trinajstić information content (AvgIpc) is 2.89. The van der Waals surface area contributed by atoms with E-state index in [9.17, 15) is 18.7 Å². The Morgan fingerprint density at radius 2 is 1.95 bits per heavy atom. The van der Waals surface area contributed by atoms with Gasteiger partial charge in [0.15, 0.2) is 0 Å². The van der Waals surface area contributed by atoms with Crippen LogP contribution in [-0.2, 0) is 16.9 Å². The first-order chi connectivity index (χ1) is 9.45. The maximum absolute atomic E-state index is 13.8. The molecule has 0 saturated heterocycles. The third kappa shape index (κ3) is 2.71. The Labute approximate surface area is 118 Å². The Bertz CT molecular complexity index is 595. The van der Waals surface area contributed by atoms with Crippen molar-refractivity contribution in [1.29, 1.82) is 0 Å². The molecule has 1 aromatic carbocycles. The van der Waals surface area contributed by atoms with Crippen LogP contribution in [0.15, 0.2) is 35.7 Å². The van der Waals surface area contributed by atoms with E-state index in [4.69, 9.17) is 0 Å². The number of carboxylic acids is 1. The molecule has 6 heteroatoms. The zero-order valence-electron chi connectivity index (χ0n) is 10.7. The lowest BCUT2D eigenvalue weighted by Gasteiger charge is -2.27. The monoisotopic (exact) mass is 297 g/mol. The highest BCUT2D eigenvalue weighted by atomic mass is 32.1. The van der Waals surface area contributed by atoms with Crippen molar-refractivity contribution in [2.24, 2.45) is 0 Å². The van der Waals surface area contributed by atoms with Crippen LogP contribution in [0.4, 0.5) is 8.78 Å². The lowest BCUT2D eigenvalue weighted by atomic mass is 9.91. The van der Waals surface area contributed by atoms with E-state index in [0.29, 0.717) is 0 Å². The molecule has 2 rings (SSSR count). The molecule has 106 valence electrons. The third-order valence-electron chi connectivity index (χ3n) is 3.09. The van der Waals surface area contributed by atoms with Crippen LogP contribution in [0.5, 0.6) is 0 Å². The molecule has 0 fully saturated rings. The highest BCUT2D eigenvalue weighted by molar-refractivity contribution is 7.09. The Morgan fingerprint density at radius 3 is 2.45 bits per heavy atom. The summed E-state index contributed by atoms with van der Waals surface area (Å²) in [5.74, 6) is -3.10. The summed E-state index contributed by atoms with van der Waals surface area (Å²) in [6, 6.07) is 6.94. The predicted molar refractivity (Wildman–Crippen MR) is 72.5 cm³/mol. The van der Waals surface area contributed by atoms with E-state index in [1.165, 1.54) is 24.3 Å². The molecule has 0 amide bonds. The number of benzene rings is 1. The number of carbonyl (C=O) groups is 1. The fourth-order valence-corrected chi connectivity index (χ4v) is 2.57. The molecule has 0 aliphatic carbocycles. The number of rotatable bonds is 5. The molecule has 0 aliphatic rings. The zero-order valence-corrected chi connectivity index (χ0v) is 11.5. The van der Waals surface area contributed by atoms with E-state index >= 15 is 0 Å². The van der Waals surface area contributed by atoms with Gasteiger partial charge in [-0.1, -0.05) is 12.1 Å². The molecule has 1 atom stereocenters. The predicted octanol–water partition coefficient (Wildman–Crippen LogP) is 3.12. The summed E-state index contributed by atoms with van der Waals surface area (Å²) in [5.41, 5.74) is -2.32. The molecular formula is C14H13F2NO2S. The first-order valence-corrected chi connectivity index (χ1v) is 6.78. The van der Waals surface area contributed by atoms with Crippen LogP contribution in [-0.4, -0.2) is 11.1 Å². The Hall–Kier alpha value is -1.79. The summed E-state index contributed by atoms with van der Waals surface area (Å²) < 4.78 is 27.7. The Balaban J connectivity index is 2.36. The fourth-order valence-electron chi connectivity index (χ4n) is 1.92. The molecule has 1 unspecified atom stereocenters. The van der Waals surface area contributed by atoms with E-state index in [1.807, 2.05) is 17.5 Å². The number of hydrogen-bond donors (Lipinski definition) is 2. The fraction of sp³-hybridized carbons (Fsp3) is 0.214. The van der Waals surface area contributed by atoms with E-state index in [-0.39, 0.29) is 6.54 Å². The van der Waals surface area contributed by atoms with Gasteiger partial charge < -0.3 is 5.11 Å². The normalized spacial score (nSPS) is 13.9. The number of thiophene rings is 1. The van der Waals surface area contributed by atoms with Gasteiger partial charge in [0.05, 0.1) is 5.56 Å². The minimum atomic E-state index is -1.83. The van der Waals surface area contributed by atoms with Gasteiger partial charge in [0.25, 0.3) is 0 Å². The lowest BCUT2D eigenvalue weighted by molar-refractivity contribution is -0.145. The molecule has 0 spiro atoms. The summed E-state index contributed by atoms with van der Waals surface area (Å²) in [5, 5.41) is 13.9. The summed E-state index contributed by atoms with van der Waals surface area (Å²) in [6.45, 7) is 1.47. The quantitative estimate of drug-likeness (QED) is 0.891. The van der Waals surface area contributed by atoms with Gasteiger partial charge in [-0.3, -0.25) is 5.32 Å². The van der Waals surface area contributed by atoms with Gasteiger partial charge in [-0.25, -0.2) is 13.6 Å². The van der Waals surface area contributed by atoms with E-state index in [1.54, 1.807) is 0 Å². The van der Waals surface area contributed by atoms with Gasteiger partial charge >= 0.3 is 5.97 Å². The minimum absolute atomic E-state index is 0.217. The first-order valence-electron chi connectivity index (χ1n) is 5.90. The van der Waals surface area contributed by atoms with Crippen LogP contribution in [0, 0.1) is 11.6 Å². The highest BCUT2D eigenvalue weighted by Gasteiger charge is 2.39. The van der Waals surface area contributed by atoms with Gasteiger partial charge in [0.1, 0.15) is 17.2 Å². The molecular weight excluding hydrogens is 284 g/mol. The summed E-state index contributed by atoms with van der Waals surface area (Å²) in [6.07, 6.45) is 0. The molecule has 1 aromatic heterocycles. The Kier molecular flexibility index (Phi) is 4.15. The van der Waals surface area contributed by atoms with Crippen LogP contribution < -0.4 is 5.32 Å². The van der Waals surface area contributed by atoms with Crippen molar-refractivity contribution in [3.63, 3.8) is 0 Å². The van der Waals surface area contributed by atoms with Crippen LogP contribution >= 0.6 is 11.3 Å². The van der Waals surface area contributed by atoms with Crippen molar-refractivity contribution in [3.8, 4) is 0 Å².